The van der Waals surface area contributed by atoms with Crippen molar-refractivity contribution < 1.29 is 0 Å². The van der Waals surface area contributed by atoms with Crippen LogP contribution in [-0.2, 0) is 0 Å². The third-order valence-corrected chi connectivity index (χ3v) is 3.98. The molecule has 13 heavy (non-hydrogen) atoms. The Morgan fingerprint density at radius 1 is 1.38 bits per heavy atom. The van der Waals surface area contributed by atoms with Crippen LogP contribution in [-0.4, -0.2) is 36.7 Å². The van der Waals surface area contributed by atoms with Crippen LogP contribution in [0.5, 0.6) is 0 Å². The molecular weight excluding hydrogens is 180 g/mol. The Morgan fingerprint density at radius 2 is 2.23 bits per heavy atom. The number of nitrogens with one attached hydrogen (secondary N) is 2. The van der Waals surface area contributed by atoms with Crippen molar-refractivity contribution >= 4 is 11.8 Å². The highest BCUT2D eigenvalue weighted by molar-refractivity contribution is 7.99. The van der Waals surface area contributed by atoms with Gasteiger partial charge in [0.05, 0.1) is 0 Å². The summed E-state index contributed by atoms with van der Waals surface area (Å²) in [5.41, 5.74) is 0. The van der Waals surface area contributed by atoms with Gasteiger partial charge in [-0.15, -0.1) is 0 Å². The molecule has 1 aliphatic heterocycles. The SMILES string of the molecule is CCSCC1CNCC1NC1CC1. The van der Waals surface area contributed by atoms with Crippen molar-refractivity contribution in [1.29, 1.82) is 0 Å². The fourth-order valence-electron chi connectivity index (χ4n) is 1.93. The van der Waals surface area contributed by atoms with Gasteiger partial charge in [0.15, 0.2) is 0 Å². The quantitative estimate of drug-likeness (QED) is 0.694. The van der Waals surface area contributed by atoms with Crippen LogP contribution in [0.25, 0.3) is 0 Å². The largest absolute Gasteiger partial charge is 0.315 e. The molecule has 1 heterocycles. The van der Waals surface area contributed by atoms with Crippen molar-refractivity contribution in [2.24, 2.45) is 5.92 Å². The summed E-state index contributed by atoms with van der Waals surface area (Å²) < 4.78 is 0. The van der Waals surface area contributed by atoms with E-state index in [1.54, 1.807) is 0 Å². The first-order chi connectivity index (χ1) is 6.40. The predicted molar refractivity (Wildman–Crippen MR) is 59.3 cm³/mol. The molecule has 2 atom stereocenters. The zero-order valence-electron chi connectivity index (χ0n) is 8.38. The molecule has 0 aromatic rings. The van der Waals surface area contributed by atoms with Gasteiger partial charge in [0.2, 0.25) is 0 Å². The van der Waals surface area contributed by atoms with Crippen LogP contribution >= 0.6 is 11.8 Å². The average molecular weight is 200 g/mol. The van der Waals surface area contributed by atoms with Gasteiger partial charge in [-0.25, -0.2) is 0 Å². The van der Waals surface area contributed by atoms with E-state index >= 15 is 0 Å². The number of hydrogen-bond donors (Lipinski definition) is 2. The zero-order chi connectivity index (χ0) is 9.10. The van der Waals surface area contributed by atoms with Crippen molar-refractivity contribution in [1.82, 2.24) is 10.6 Å². The van der Waals surface area contributed by atoms with Crippen LogP contribution < -0.4 is 10.6 Å². The third-order valence-electron chi connectivity index (χ3n) is 2.90. The van der Waals surface area contributed by atoms with Gasteiger partial charge in [-0.2, -0.15) is 11.8 Å². The van der Waals surface area contributed by atoms with Gasteiger partial charge in [0.25, 0.3) is 0 Å². The first-order valence-electron chi connectivity index (χ1n) is 5.44. The third kappa shape index (κ3) is 2.86. The molecule has 0 aromatic carbocycles. The molecule has 2 fully saturated rings. The van der Waals surface area contributed by atoms with Gasteiger partial charge in [0, 0.05) is 25.2 Å². The first-order valence-corrected chi connectivity index (χ1v) is 6.60. The fraction of sp³-hybridized carbons (Fsp3) is 1.00. The molecule has 3 heteroatoms. The van der Waals surface area contributed by atoms with Crippen molar-refractivity contribution in [2.75, 3.05) is 24.6 Å². The van der Waals surface area contributed by atoms with E-state index in [2.05, 4.69) is 29.3 Å². The van der Waals surface area contributed by atoms with Gasteiger partial charge < -0.3 is 10.6 Å². The Bertz CT molecular complexity index is 159. The molecule has 0 aromatic heterocycles. The topological polar surface area (TPSA) is 24.1 Å². The standard InChI is InChI=1S/C10H20N2S/c1-2-13-7-8-5-11-6-10(8)12-9-3-4-9/h8-12H,2-7H2,1H3. The molecule has 2 aliphatic rings. The van der Waals surface area contributed by atoms with Gasteiger partial charge in [-0.3, -0.25) is 0 Å². The molecule has 1 aliphatic carbocycles. The summed E-state index contributed by atoms with van der Waals surface area (Å²) in [6.07, 6.45) is 2.81. The van der Waals surface area contributed by atoms with Crippen molar-refractivity contribution in [3.63, 3.8) is 0 Å². The summed E-state index contributed by atoms with van der Waals surface area (Å²) in [4.78, 5) is 0. The lowest BCUT2D eigenvalue weighted by atomic mass is 10.1. The maximum absolute atomic E-state index is 3.74. The second-order valence-electron chi connectivity index (χ2n) is 4.13. The van der Waals surface area contributed by atoms with Crippen LogP contribution in [0, 0.1) is 5.92 Å². The van der Waals surface area contributed by atoms with E-state index in [9.17, 15) is 0 Å². The van der Waals surface area contributed by atoms with Gasteiger partial charge in [0.1, 0.15) is 0 Å². The molecule has 0 bridgehead atoms. The summed E-state index contributed by atoms with van der Waals surface area (Å²) in [6, 6.07) is 1.62. The van der Waals surface area contributed by atoms with E-state index < -0.39 is 0 Å². The average Bonchev–Trinajstić information content (AvgIpc) is 2.82. The van der Waals surface area contributed by atoms with E-state index in [4.69, 9.17) is 0 Å². The van der Waals surface area contributed by atoms with Gasteiger partial charge in [-0.1, -0.05) is 6.92 Å². The molecule has 2 unspecified atom stereocenters. The Morgan fingerprint density at radius 3 is 2.92 bits per heavy atom. The molecular formula is C10H20N2S. The highest BCUT2D eigenvalue weighted by atomic mass is 32.2. The second kappa shape index (κ2) is 4.67. The van der Waals surface area contributed by atoms with E-state index in [-0.39, 0.29) is 0 Å². The Kier molecular flexibility index (Phi) is 3.52. The van der Waals surface area contributed by atoms with Crippen LogP contribution in [0.1, 0.15) is 19.8 Å². The van der Waals surface area contributed by atoms with Crippen molar-refractivity contribution in [3.05, 3.63) is 0 Å². The molecule has 2 rings (SSSR count). The number of thioether (sulfide) groups is 1. The van der Waals surface area contributed by atoms with E-state index in [1.807, 2.05) is 0 Å². The maximum Gasteiger partial charge on any atom is 0.0243 e. The molecule has 1 saturated heterocycles. The first kappa shape index (κ1) is 9.81. The van der Waals surface area contributed by atoms with E-state index in [0.717, 1.165) is 18.0 Å². The molecule has 0 radical (unpaired) electrons. The molecule has 1 saturated carbocycles. The van der Waals surface area contributed by atoms with Crippen LogP contribution in [0.2, 0.25) is 0 Å². The number of hydrogen-bond acceptors (Lipinski definition) is 3. The minimum atomic E-state index is 0.756. The van der Waals surface area contributed by atoms with Crippen LogP contribution in [0.3, 0.4) is 0 Å². The van der Waals surface area contributed by atoms with Gasteiger partial charge in [-0.05, 0) is 30.3 Å². The van der Waals surface area contributed by atoms with Crippen LogP contribution in [0.15, 0.2) is 0 Å². The maximum atomic E-state index is 3.74. The summed E-state index contributed by atoms with van der Waals surface area (Å²) >= 11 is 2.08. The molecule has 0 amide bonds. The van der Waals surface area contributed by atoms with Crippen molar-refractivity contribution in [3.8, 4) is 0 Å². The van der Waals surface area contributed by atoms with Crippen LogP contribution in [0.4, 0.5) is 0 Å². The smallest absolute Gasteiger partial charge is 0.0243 e. The van der Waals surface area contributed by atoms with E-state index in [1.165, 1.54) is 37.4 Å². The fourth-order valence-corrected chi connectivity index (χ4v) is 2.81. The summed E-state index contributed by atoms with van der Waals surface area (Å²) in [5, 5.41) is 7.22. The Hall–Kier alpha value is 0.270. The van der Waals surface area contributed by atoms with E-state index in [0.29, 0.717) is 0 Å². The summed E-state index contributed by atoms with van der Waals surface area (Å²) in [5.74, 6) is 3.45. The molecule has 2 N–H and O–H groups in total. The molecule has 2 nitrogen and oxygen atoms in total. The lowest BCUT2D eigenvalue weighted by Crippen LogP contribution is -2.38. The zero-order valence-corrected chi connectivity index (χ0v) is 9.20. The molecule has 0 spiro atoms. The highest BCUT2D eigenvalue weighted by Gasteiger charge is 2.31. The Labute approximate surface area is 85.2 Å². The molecule has 76 valence electrons. The summed E-state index contributed by atoms with van der Waals surface area (Å²) in [7, 11) is 0. The second-order valence-corrected chi connectivity index (χ2v) is 5.44. The minimum absolute atomic E-state index is 0.756. The minimum Gasteiger partial charge on any atom is -0.315 e. The lowest BCUT2D eigenvalue weighted by Gasteiger charge is -2.19. The monoisotopic (exact) mass is 200 g/mol. The summed E-state index contributed by atoms with van der Waals surface area (Å²) in [6.45, 7) is 4.65. The predicted octanol–water partition coefficient (Wildman–Crippen LogP) is 1.08. The van der Waals surface area contributed by atoms with Crippen molar-refractivity contribution in [2.45, 2.75) is 31.8 Å². The Balaban J connectivity index is 1.72. The highest BCUT2D eigenvalue weighted by Crippen LogP contribution is 2.23. The normalized spacial score (nSPS) is 33.9. The van der Waals surface area contributed by atoms with Gasteiger partial charge >= 0.3 is 0 Å². The number of rotatable bonds is 5. The lowest BCUT2D eigenvalue weighted by molar-refractivity contribution is 0.457.